The molecule has 3 amide bonds. The number of furan rings is 1. The van der Waals surface area contributed by atoms with Crippen LogP contribution in [0.1, 0.15) is 52.4 Å². The number of amides is 3. The topological polar surface area (TPSA) is 112 Å². The lowest BCUT2D eigenvalue weighted by Gasteiger charge is -2.33. The molecule has 0 unspecified atom stereocenters. The molecule has 1 aromatic heterocycles. The first-order chi connectivity index (χ1) is 19.0. The van der Waals surface area contributed by atoms with Crippen molar-refractivity contribution >= 4 is 29.5 Å². The second-order valence-corrected chi connectivity index (χ2v) is 12.4. The number of benzene rings is 2. The van der Waals surface area contributed by atoms with Crippen molar-refractivity contribution in [1.82, 2.24) is 15.5 Å². The van der Waals surface area contributed by atoms with E-state index in [9.17, 15) is 19.5 Å². The van der Waals surface area contributed by atoms with Crippen molar-refractivity contribution in [2.75, 3.05) is 5.88 Å². The van der Waals surface area contributed by atoms with Crippen molar-refractivity contribution < 1.29 is 23.9 Å². The molecule has 0 bridgehead atoms. The number of nitrogens with zero attached hydrogens (tertiary/aromatic N) is 1. The molecule has 4 rings (SSSR count). The average molecular weight is 564 g/mol. The van der Waals surface area contributed by atoms with Crippen molar-refractivity contribution in [3.8, 4) is 0 Å². The normalized spacial score (nSPS) is 17.8. The second kappa shape index (κ2) is 12.3. The predicted molar refractivity (Wildman–Crippen MR) is 156 cm³/mol. The number of hydrogen-bond acceptors (Lipinski definition) is 6. The fourth-order valence-corrected chi connectivity index (χ4v) is 6.19. The number of aliphatic hydroxyl groups excluding tert-OH is 1. The molecule has 9 heteroatoms. The van der Waals surface area contributed by atoms with Gasteiger partial charge in [0.1, 0.15) is 17.6 Å². The lowest BCUT2D eigenvalue weighted by atomic mass is 9.96. The molecule has 0 aliphatic carbocycles. The molecule has 40 heavy (non-hydrogen) atoms. The van der Waals surface area contributed by atoms with Crippen LogP contribution >= 0.6 is 11.8 Å². The highest BCUT2D eigenvalue weighted by Gasteiger charge is 2.49. The second-order valence-electron chi connectivity index (χ2n) is 10.8. The van der Waals surface area contributed by atoms with Gasteiger partial charge in [0, 0.05) is 11.3 Å². The SMILES string of the molecule is Cc1cc(C(=O)N[C@@H](Cc2ccccc2)[C@H](O)C(=O)N2CSC(C)(C)[C@H]2C(=O)NCc2ccccc2C)c(C)o1. The summed E-state index contributed by atoms with van der Waals surface area (Å²) in [5.41, 5.74) is 3.26. The molecule has 2 heterocycles. The number of carbonyl (C=O) groups is 3. The molecule has 3 N–H and O–H groups in total. The van der Waals surface area contributed by atoms with E-state index in [1.165, 1.54) is 16.7 Å². The van der Waals surface area contributed by atoms with Gasteiger partial charge in [-0.15, -0.1) is 11.8 Å². The average Bonchev–Trinajstić information content (AvgIpc) is 3.44. The van der Waals surface area contributed by atoms with Gasteiger partial charge in [0.2, 0.25) is 5.91 Å². The van der Waals surface area contributed by atoms with Crippen LogP contribution in [0.25, 0.3) is 0 Å². The largest absolute Gasteiger partial charge is 0.466 e. The van der Waals surface area contributed by atoms with E-state index in [0.29, 0.717) is 23.6 Å². The van der Waals surface area contributed by atoms with Crippen LogP contribution in [0.4, 0.5) is 0 Å². The highest BCUT2D eigenvalue weighted by Crippen LogP contribution is 2.40. The zero-order valence-corrected chi connectivity index (χ0v) is 24.4. The van der Waals surface area contributed by atoms with Crippen LogP contribution in [0, 0.1) is 20.8 Å². The lowest BCUT2D eigenvalue weighted by Crippen LogP contribution is -2.58. The minimum atomic E-state index is -1.57. The minimum absolute atomic E-state index is 0.226. The van der Waals surface area contributed by atoms with Crippen LogP contribution in [0.5, 0.6) is 0 Å². The Kier molecular flexibility index (Phi) is 9.05. The summed E-state index contributed by atoms with van der Waals surface area (Å²) in [6.45, 7) is 9.60. The van der Waals surface area contributed by atoms with Gasteiger partial charge in [-0.2, -0.15) is 0 Å². The molecule has 0 saturated carbocycles. The molecule has 1 aliphatic heterocycles. The predicted octanol–water partition coefficient (Wildman–Crippen LogP) is 3.90. The molecular weight excluding hydrogens is 526 g/mol. The molecule has 8 nitrogen and oxygen atoms in total. The number of aliphatic hydroxyl groups is 1. The summed E-state index contributed by atoms with van der Waals surface area (Å²) in [6.07, 6.45) is -1.34. The zero-order chi connectivity index (χ0) is 29.0. The Morgan fingerprint density at radius 2 is 1.75 bits per heavy atom. The molecule has 212 valence electrons. The summed E-state index contributed by atoms with van der Waals surface area (Å²) in [6, 6.07) is 17.1. The van der Waals surface area contributed by atoms with Crippen LogP contribution in [0.2, 0.25) is 0 Å². The highest BCUT2D eigenvalue weighted by atomic mass is 32.2. The van der Waals surface area contributed by atoms with E-state index >= 15 is 0 Å². The van der Waals surface area contributed by atoms with Crippen molar-refractivity contribution in [2.45, 2.75) is 70.5 Å². The number of carbonyl (C=O) groups excluding carboxylic acids is 3. The first-order valence-electron chi connectivity index (χ1n) is 13.3. The summed E-state index contributed by atoms with van der Waals surface area (Å²) in [4.78, 5) is 41.9. The Hall–Kier alpha value is -3.56. The summed E-state index contributed by atoms with van der Waals surface area (Å²) in [7, 11) is 0. The van der Waals surface area contributed by atoms with E-state index in [4.69, 9.17) is 4.42 Å². The maximum atomic E-state index is 13.8. The quantitative estimate of drug-likeness (QED) is 0.364. The Morgan fingerprint density at radius 1 is 1.07 bits per heavy atom. The molecule has 2 aromatic carbocycles. The number of hydrogen-bond donors (Lipinski definition) is 3. The summed E-state index contributed by atoms with van der Waals surface area (Å²) in [5.74, 6) is -0.0301. The third kappa shape index (κ3) is 6.59. The Morgan fingerprint density at radius 3 is 2.40 bits per heavy atom. The molecular formula is C31H37N3O5S. The number of aryl methyl sites for hydroxylation is 3. The number of rotatable bonds is 9. The standard InChI is InChI=1S/C31H37N3O5S/c1-19-11-9-10-14-23(19)17-32-29(37)27-31(4,5)40-18-34(27)30(38)26(35)25(16-22-12-7-6-8-13-22)33-28(36)24-15-20(2)39-21(24)3/h6-15,25-27,35H,16-18H2,1-5H3,(H,32,37)(H,33,36)/t25-,26-,27+/m0/s1. The number of thioether (sulfide) groups is 1. The van der Waals surface area contributed by atoms with E-state index in [1.54, 1.807) is 19.9 Å². The third-order valence-electron chi connectivity index (χ3n) is 7.33. The van der Waals surface area contributed by atoms with Crippen LogP contribution in [0.15, 0.2) is 65.1 Å². The minimum Gasteiger partial charge on any atom is -0.466 e. The van der Waals surface area contributed by atoms with Crippen molar-refractivity contribution in [1.29, 1.82) is 0 Å². The van der Waals surface area contributed by atoms with E-state index < -0.39 is 34.7 Å². The summed E-state index contributed by atoms with van der Waals surface area (Å²) >= 11 is 1.48. The Labute approximate surface area is 239 Å². The maximum absolute atomic E-state index is 13.8. The molecule has 3 aromatic rings. The van der Waals surface area contributed by atoms with Gasteiger partial charge < -0.3 is 25.1 Å². The third-order valence-corrected chi connectivity index (χ3v) is 8.70. The Bertz CT molecular complexity index is 1370. The molecule has 0 spiro atoms. The fourth-order valence-electron chi connectivity index (χ4n) is 5.05. The monoisotopic (exact) mass is 563 g/mol. The maximum Gasteiger partial charge on any atom is 0.255 e. The molecule has 3 atom stereocenters. The fraction of sp³-hybridized carbons (Fsp3) is 0.387. The molecule has 0 radical (unpaired) electrons. The first kappa shape index (κ1) is 29.4. The summed E-state index contributed by atoms with van der Waals surface area (Å²) in [5, 5.41) is 17.3. The van der Waals surface area contributed by atoms with Crippen LogP contribution in [-0.2, 0) is 22.6 Å². The molecule has 1 aliphatic rings. The van der Waals surface area contributed by atoms with Gasteiger partial charge in [0.05, 0.1) is 17.5 Å². The van der Waals surface area contributed by atoms with Gasteiger partial charge in [0.15, 0.2) is 6.10 Å². The highest BCUT2D eigenvalue weighted by molar-refractivity contribution is 8.00. The van der Waals surface area contributed by atoms with E-state index in [-0.39, 0.29) is 18.2 Å². The van der Waals surface area contributed by atoms with Crippen molar-refractivity contribution in [3.05, 3.63) is 94.4 Å². The number of nitrogens with one attached hydrogen (secondary N) is 2. The van der Waals surface area contributed by atoms with Gasteiger partial charge in [-0.05, 0) is 63.8 Å². The van der Waals surface area contributed by atoms with Gasteiger partial charge in [-0.3, -0.25) is 14.4 Å². The van der Waals surface area contributed by atoms with Gasteiger partial charge in [-0.25, -0.2) is 0 Å². The van der Waals surface area contributed by atoms with Crippen molar-refractivity contribution in [3.63, 3.8) is 0 Å². The molecule has 1 saturated heterocycles. The van der Waals surface area contributed by atoms with Gasteiger partial charge >= 0.3 is 0 Å². The van der Waals surface area contributed by atoms with Crippen LogP contribution in [0.3, 0.4) is 0 Å². The summed E-state index contributed by atoms with van der Waals surface area (Å²) < 4.78 is 4.93. The van der Waals surface area contributed by atoms with E-state index in [2.05, 4.69) is 10.6 Å². The van der Waals surface area contributed by atoms with Crippen molar-refractivity contribution in [2.24, 2.45) is 0 Å². The van der Waals surface area contributed by atoms with Gasteiger partial charge in [0.25, 0.3) is 11.8 Å². The van der Waals surface area contributed by atoms with E-state index in [1.807, 2.05) is 75.4 Å². The lowest BCUT2D eigenvalue weighted by molar-refractivity contribution is -0.147. The van der Waals surface area contributed by atoms with Crippen LogP contribution in [-0.4, -0.2) is 56.5 Å². The smallest absolute Gasteiger partial charge is 0.255 e. The van der Waals surface area contributed by atoms with Crippen LogP contribution < -0.4 is 10.6 Å². The van der Waals surface area contributed by atoms with E-state index in [0.717, 1.165) is 16.7 Å². The first-order valence-corrected chi connectivity index (χ1v) is 14.3. The van der Waals surface area contributed by atoms with Gasteiger partial charge in [-0.1, -0.05) is 54.6 Å². The molecule has 1 fully saturated rings. The zero-order valence-electron chi connectivity index (χ0n) is 23.6. The Balaban J connectivity index is 1.55.